The van der Waals surface area contributed by atoms with E-state index in [0.717, 1.165) is 36.6 Å². The van der Waals surface area contributed by atoms with Crippen molar-refractivity contribution in [1.29, 1.82) is 0 Å². The fourth-order valence-corrected chi connectivity index (χ4v) is 2.17. The minimum atomic E-state index is 0.117. The van der Waals surface area contributed by atoms with Gasteiger partial charge in [-0.2, -0.15) is 5.10 Å². The van der Waals surface area contributed by atoms with Crippen molar-refractivity contribution < 1.29 is 4.74 Å². The second-order valence-electron chi connectivity index (χ2n) is 4.27. The van der Waals surface area contributed by atoms with E-state index in [9.17, 15) is 0 Å². The Bertz CT molecular complexity index is 333. The second kappa shape index (κ2) is 8.51. The molecule has 18 heavy (non-hydrogen) atoms. The lowest BCUT2D eigenvalue weighted by molar-refractivity contribution is 0.120. The fourth-order valence-electron chi connectivity index (χ4n) is 1.90. The summed E-state index contributed by atoms with van der Waals surface area (Å²) < 4.78 is 7.52. The maximum absolute atomic E-state index is 6.25. The predicted octanol–water partition coefficient (Wildman–Crippen LogP) is 3.02. The number of nitrogens with zero attached hydrogens (tertiary/aromatic N) is 2. The molecule has 1 rings (SSSR count). The molecule has 0 aromatic carbocycles. The molecule has 0 saturated carbocycles. The molecule has 104 valence electrons. The highest BCUT2D eigenvalue weighted by atomic mass is 35.5. The number of hydrogen-bond acceptors (Lipinski definition) is 3. The number of aromatic nitrogens is 2. The molecule has 1 aromatic rings. The molecule has 0 radical (unpaired) electrons. The van der Waals surface area contributed by atoms with Crippen LogP contribution < -0.4 is 5.32 Å². The van der Waals surface area contributed by atoms with Crippen LogP contribution in [0, 0.1) is 0 Å². The zero-order valence-corrected chi connectivity index (χ0v) is 12.3. The van der Waals surface area contributed by atoms with Crippen molar-refractivity contribution in [3.8, 4) is 0 Å². The van der Waals surface area contributed by atoms with E-state index in [1.165, 1.54) is 0 Å². The van der Waals surface area contributed by atoms with Gasteiger partial charge in [-0.15, -0.1) is 0 Å². The Hall–Kier alpha value is -0.580. The van der Waals surface area contributed by atoms with Crippen LogP contribution in [0.2, 0.25) is 5.02 Å². The van der Waals surface area contributed by atoms with Crippen LogP contribution in [0.3, 0.4) is 0 Å². The molecule has 0 aliphatic heterocycles. The highest BCUT2D eigenvalue weighted by molar-refractivity contribution is 6.31. The molecular weight excluding hydrogens is 250 g/mol. The van der Waals surface area contributed by atoms with Gasteiger partial charge in [0.1, 0.15) is 0 Å². The molecule has 4 nitrogen and oxygen atoms in total. The summed E-state index contributed by atoms with van der Waals surface area (Å²) in [7, 11) is 0. The van der Waals surface area contributed by atoms with E-state index in [0.29, 0.717) is 13.2 Å². The summed E-state index contributed by atoms with van der Waals surface area (Å²) in [6, 6.07) is 0.117. The van der Waals surface area contributed by atoms with Crippen molar-refractivity contribution in [2.75, 3.05) is 19.8 Å². The summed E-state index contributed by atoms with van der Waals surface area (Å²) >= 11 is 6.25. The second-order valence-corrected chi connectivity index (χ2v) is 4.67. The van der Waals surface area contributed by atoms with Gasteiger partial charge in [-0.05, 0) is 26.3 Å². The molecule has 1 atom stereocenters. The number of rotatable bonds is 9. The maximum Gasteiger partial charge on any atom is 0.0835 e. The minimum Gasteiger partial charge on any atom is -0.380 e. The van der Waals surface area contributed by atoms with Crippen LogP contribution in [0.1, 0.15) is 45.3 Å². The third-order valence-corrected chi connectivity index (χ3v) is 3.02. The molecule has 0 saturated heterocycles. The van der Waals surface area contributed by atoms with E-state index >= 15 is 0 Å². The first kappa shape index (κ1) is 15.5. The molecule has 0 spiro atoms. The fraction of sp³-hybridized carbons (Fsp3) is 0.769. The standard InChI is InChI=1S/C13H24ClN3O/c1-4-7-15-12(10-18-6-3)13-11(14)9-16-17(13)8-5-2/h9,12,15H,4-8,10H2,1-3H3. The van der Waals surface area contributed by atoms with E-state index in [1.54, 1.807) is 6.20 Å². The molecule has 1 N–H and O–H groups in total. The van der Waals surface area contributed by atoms with Gasteiger partial charge in [0.15, 0.2) is 0 Å². The molecule has 0 amide bonds. The number of halogens is 1. The zero-order chi connectivity index (χ0) is 13.4. The summed E-state index contributed by atoms with van der Waals surface area (Å²) in [6.07, 6.45) is 3.85. The average molecular weight is 274 g/mol. The van der Waals surface area contributed by atoms with Crippen molar-refractivity contribution >= 4 is 11.6 Å². The summed E-state index contributed by atoms with van der Waals surface area (Å²) in [6.45, 7) is 9.47. The first-order valence-electron chi connectivity index (χ1n) is 6.76. The van der Waals surface area contributed by atoms with Crippen LogP contribution in [-0.4, -0.2) is 29.5 Å². The first-order valence-corrected chi connectivity index (χ1v) is 7.14. The van der Waals surface area contributed by atoms with Gasteiger partial charge in [0.2, 0.25) is 0 Å². The van der Waals surface area contributed by atoms with Gasteiger partial charge in [0, 0.05) is 13.2 Å². The van der Waals surface area contributed by atoms with Crippen molar-refractivity contribution in [2.24, 2.45) is 0 Å². The van der Waals surface area contributed by atoms with Crippen molar-refractivity contribution in [1.82, 2.24) is 15.1 Å². The lowest BCUT2D eigenvalue weighted by Crippen LogP contribution is -2.29. The molecule has 5 heteroatoms. The van der Waals surface area contributed by atoms with Crippen LogP contribution in [0.4, 0.5) is 0 Å². The van der Waals surface area contributed by atoms with Crippen LogP contribution in [0.25, 0.3) is 0 Å². The Labute approximate surface area is 115 Å². The third kappa shape index (κ3) is 4.26. The Balaban J connectivity index is 2.83. The van der Waals surface area contributed by atoms with Gasteiger partial charge in [-0.25, -0.2) is 0 Å². The molecule has 1 unspecified atom stereocenters. The van der Waals surface area contributed by atoms with Gasteiger partial charge in [-0.3, -0.25) is 4.68 Å². The topological polar surface area (TPSA) is 39.1 Å². The normalized spacial score (nSPS) is 12.9. The highest BCUT2D eigenvalue weighted by Crippen LogP contribution is 2.23. The van der Waals surface area contributed by atoms with E-state index in [4.69, 9.17) is 16.3 Å². The molecule has 1 heterocycles. The first-order chi connectivity index (χ1) is 8.74. The van der Waals surface area contributed by atoms with Crippen molar-refractivity contribution in [2.45, 2.75) is 46.2 Å². The van der Waals surface area contributed by atoms with E-state index < -0.39 is 0 Å². The molecular formula is C13H24ClN3O. The molecule has 1 aromatic heterocycles. The number of hydrogen-bond donors (Lipinski definition) is 1. The highest BCUT2D eigenvalue weighted by Gasteiger charge is 2.19. The quantitative estimate of drug-likeness (QED) is 0.752. The Morgan fingerprint density at radius 1 is 1.39 bits per heavy atom. The average Bonchev–Trinajstić information content (AvgIpc) is 2.72. The van der Waals surface area contributed by atoms with E-state index in [1.807, 2.05) is 11.6 Å². The summed E-state index contributed by atoms with van der Waals surface area (Å²) in [5.41, 5.74) is 1.04. The van der Waals surface area contributed by atoms with Gasteiger partial charge in [0.25, 0.3) is 0 Å². The lowest BCUT2D eigenvalue weighted by Gasteiger charge is -2.20. The van der Waals surface area contributed by atoms with Gasteiger partial charge in [0.05, 0.1) is 29.6 Å². The largest absolute Gasteiger partial charge is 0.380 e. The van der Waals surface area contributed by atoms with Gasteiger partial charge < -0.3 is 10.1 Å². The molecule has 0 aliphatic rings. The Kier molecular flexibility index (Phi) is 7.32. The van der Waals surface area contributed by atoms with E-state index in [2.05, 4.69) is 24.3 Å². The van der Waals surface area contributed by atoms with Gasteiger partial charge in [-0.1, -0.05) is 25.4 Å². The zero-order valence-electron chi connectivity index (χ0n) is 11.6. The number of ether oxygens (including phenoxy) is 1. The Morgan fingerprint density at radius 2 is 2.17 bits per heavy atom. The van der Waals surface area contributed by atoms with Crippen LogP contribution in [0.5, 0.6) is 0 Å². The Morgan fingerprint density at radius 3 is 2.78 bits per heavy atom. The lowest BCUT2D eigenvalue weighted by atomic mass is 10.2. The van der Waals surface area contributed by atoms with Crippen LogP contribution in [-0.2, 0) is 11.3 Å². The van der Waals surface area contributed by atoms with E-state index in [-0.39, 0.29) is 6.04 Å². The minimum absolute atomic E-state index is 0.117. The predicted molar refractivity (Wildman–Crippen MR) is 75.1 cm³/mol. The third-order valence-electron chi connectivity index (χ3n) is 2.73. The number of nitrogens with one attached hydrogen (secondary N) is 1. The van der Waals surface area contributed by atoms with Crippen LogP contribution in [0.15, 0.2) is 6.20 Å². The summed E-state index contributed by atoms with van der Waals surface area (Å²) in [5, 5.41) is 8.53. The monoisotopic (exact) mass is 273 g/mol. The van der Waals surface area contributed by atoms with Crippen LogP contribution >= 0.6 is 11.6 Å². The van der Waals surface area contributed by atoms with Crippen molar-refractivity contribution in [3.63, 3.8) is 0 Å². The maximum atomic E-state index is 6.25. The summed E-state index contributed by atoms with van der Waals surface area (Å²) in [5.74, 6) is 0. The summed E-state index contributed by atoms with van der Waals surface area (Å²) in [4.78, 5) is 0. The van der Waals surface area contributed by atoms with Gasteiger partial charge >= 0.3 is 0 Å². The number of aryl methyl sites for hydroxylation is 1. The van der Waals surface area contributed by atoms with Crippen molar-refractivity contribution in [3.05, 3.63) is 16.9 Å². The SMILES string of the molecule is CCCNC(COCC)c1c(Cl)cnn1CCC. The molecule has 0 aliphatic carbocycles. The molecule has 0 bridgehead atoms. The molecule has 0 fully saturated rings. The smallest absolute Gasteiger partial charge is 0.0835 e.